The normalized spacial score (nSPS) is 10.2. The molecule has 0 aliphatic carbocycles. The Labute approximate surface area is 75.0 Å². The molecule has 72 valence electrons. The molecule has 0 saturated carbocycles. The number of nitrogens with zero attached hydrogens (tertiary/aromatic N) is 1. The van der Waals surface area contributed by atoms with Crippen molar-refractivity contribution in [2.45, 2.75) is 26.3 Å². The molecule has 0 amide bonds. The Morgan fingerprint density at radius 2 is 2.38 bits per heavy atom. The van der Waals surface area contributed by atoms with Crippen LogP contribution in [-0.4, -0.2) is 20.9 Å². The van der Waals surface area contributed by atoms with Gasteiger partial charge in [-0.15, -0.1) is 0 Å². The van der Waals surface area contributed by atoms with E-state index in [-0.39, 0.29) is 12.1 Å². The molecule has 13 heavy (non-hydrogen) atoms. The first kappa shape index (κ1) is 9.57. The van der Waals surface area contributed by atoms with Gasteiger partial charge in [0.25, 0.3) is 5.56 Å². The molecule has 1 aromatic heterocycles. The fourth-order valence-electron chi connectivity index (χ4n) is 1.14. The van der Waals surface area contributed by atoms with E-state index in [0.717, 1.165) is 23.2 Å². The molecule has 1 heterocycles. The quantitative estimate of drug-likeness (QED) is 0.702. The second-order valence-electron chi connectivity index (χ2n) is 2.85. The van der Waals surface area contributed by atoms with Crippen molar-refractivity contribution >= 4 is 5.97 Å². The first-order chi connectivity index (χ1) is 6.13. The summed E-state index contributed by atoms with van der Waals surface area (Å²) in [7, 11) is 0. The summed E-state index contributed by atoms with van der Waals surface area (Å²) in [6.45, 7) is 1.69. The monoisotopic (exact) mass is 184 g/mol. The molecule has 1 aromatic rings. The molecule has 0 aliphatic heterocycles. The Kier molecular flexibility index (Phi) is 2.89. The van der Waals surface area contributed by atoms with Gasteiger partial charge in [-0.3, -0.25) is 14.7 Å². The molecule has 0 aliphatic rings. The average molecular weight is 184 g/mol. The van der Waals surface area contributed by atoms with Gasteiger partial charge in [-0.05, 0) is 6.42 Å². The minimum absolute atomic E-state index is 0.286. The van der Waals surface area contributed by atoms with Crippen molar-refractivity contribution in [3.05, 3.63) is 22.1 Å². The summed E-state index contributed by atoms with van der Waals surface area (Å²) < 4.78 is 1.09. The summed E-state index contributed by atoms with van der Waals surface area (Å²) in [5.41, 5.74) is 0.500. The Bertz CT molecular complexity index is 351. The van der Waals surface area contributed by atoms with Crippen LogP contribution in [0.3, 0.4) is 0 Å². The van der Waals surface area contributed by atoms with Crippen LogP contribution in [0.25, 0.3) is 0 Å². The Morgan fingerprint density at radius 3 is 2.92 bits per heavy atom. The summed E-state index contributed by atoms with van der Waals surface area (Å²) in [5.74, 6) is -1.02. The van der Waals surface area contributed by atoms with Crippen molar-refractivity contribution < 1.29 is 9.90 Å². The molecule has 0 fully saturated rings. The van der Waals surface area contributed by atoms with E-state index in [1.54, 1.807) is 0 Å². The van der Waals surface area contributed by atoms with Gasteiger partial charge in [0.1, 0.15) is 6.54 Å². The minimum atomic E-state index is -1.02. The number of hydrogen-bond donors (Lipinski definition) is 2. The van der Waals surface area contributed by atoms with Gasteiger partial charge in [0, 0.05) is 11.8 Å². The number of aryl methyl sites for hydroxylation is 1. The van der Waals surface area contributed by atoms with E-state index in [2.05, 4.69) is 5.10 Å². The second kappa shape index (κ2) is 3.93. The maximum atomic E-state index is 11.1. The van der Waals surface area contributed by atoms with E-state index < -0.39 is 5.97 Å². The summed E-state index contributed by atoms with van der Waals surface area (Å²) in [6, 6.07) is 1.44. The molecule has 0 aromatic carbocycles. The van der Waals surface area contributed by atoms with E-state index >= 15 is 0 Å². The van der Waals surface area contributed by atoms with Gasteiger partial charge in [-0.25, -0.2) is 4.68 Å². The predicted octanol–water partition coefficient (Wildman–Crippen LogP) is 0.213. The van der Waals surface area contributed by atoms with Crippen LogP contribution in [0.2, 0.25) is 0 Å². The first-order valence-electron chi connectivity index (χ1n) is 4.14. The van der Waals surface area contributed by atoms with Gasteiger partial charge in [0.2, 0.25) is 0 Å². The van der Waals surface area contributed by atoms with E-state index in [4.69, 9.17) is 5.11 Å². The number of H-pyrrole nitrogens is 1. The van der Waals surface area contributed by atoms with Crippen molar-refractivity contribution in [1.82, 2.24) is 9.78 Å². The molecule has 0 spiro atoms. The van der Waals surface area contributed by atoms with Crippen LogP contribution < -0.4 is 5.56 Å². The first-order valence-corrected chi connectivity index (χ1v) is 4.14. The number of aromatic amines is 1. The zero-order chi connectivity index (χ0) is 9.84. The smallest absolute Gasteiger partial charge is 0.325 e. The van der Waals surface area contributed by atoms with Crippen molar-refractivity contribution in [2.75, 3.05) is 0 Å². The molecule has 0 bridgehead atoms. The molecule has 0 atom stereocenters. The van der Waals surface area contributed by atoms with Crippen LogP contribution in [0.4, 0.5) is 0 Å². The number of aliphatic carboxylic acids is 1. The number of aromatic nitrogens is 2. The third-order valence-corrected chi connectivity index (χ3v) is 1.66. The minimum Gasteiger partial charge on any atom is -0.480 e. The number of carbonyl (C=O) groups is 1. The van der Waals surface area contributed by atoms with E-state index in [0.29, 0.717) is 0 Å². The van der Waals surface area contributed by atoms with Crippen LogP contribution in [-0.2, 0) is 17.8 Å². The molecule has 5 heteroatoms. The maximum Gasteiger partial charge on any atom is 0.325 e. The number of hydrogen-bond acceptors (Lipinski definition) is 2. The lowest BCUT2D eigenvalue weighted by atomic mass is 10.3. The summed E-state index contributed by atoms with van der Waals surface area (Å²) in [4.78, 5) is 21.4. The molecule has 1 rings (SSSR count). The SMILES string of the molecule is CCCc1cc(=O)n(CC(=O)O)[nH]1. The standard InChI is InChI=1S/C8H12N2O3/c1-2-3-6-4-7(11)10(9-6)5-8(12)13/h4,9H,2-3,5H2,1H3,(H,12,13). The van der Waals surface area contributed by atoms with Crippen LogP contribution in [0.15, 0.2) is 10.9 Å². The fraction of sp³-hybridized carbons (Fsp3) is 0.500. The average Bonchev–Trinajstić information content (AvgIpc) is 2.31. The van der Waals surface area contributed by atoms with Crippen LogP contribution in [0.5, 0.6) is 0 Å². The lowest BCUT2D eigenvalue weighted by Crippen LogP contribution is -2.20. The van der Waals surface area contributed by atoms with E-state index in [1.165, 1.54) is 6.07 Å². The zero-order valence-corrected chi connectivity index (χ0v) is 7.41. The highest BCUT2D eigenvalue weighted by Crippen LogP contribution is 1.94. The number of rotatable bonds is 4. The number of carboxylic acids is 1. The largest absolute Gasteiger partial charge is 0.480 e. The lowest BCUT2D eigenvalue weighted by molar-refractivity contribution is -0.137. The maximum absolute atomic E-state index is 11.1. The van der Waals surface area contributed by atoms with Crippen LogP contribution >= 0.6 is 0 Å². The van der Waals surface area contributed by atoms with Crippen LogP contribution in [0.1, 0.15) is 19.0 Å². The summed E-state index contributed by atoms with van der Waals surface area (Å²) >= 11 is 0. The van der Waals surface area contributed by atoms with Crippen molar-refractivity contribution in [3.8, 4) is 0 Å². The summed E-state index contributed by atoms with van der Waals surface area (Å²) in [5, 5.41) is 11.2. The highest BCUT2D eigenvalue weighted by molar-refractivity contribution is 5.66. The van der Waals surface area contributed by atoms with Crippen molar-refractivity contribution in [1.29, 1.82) is 0 Å². The molecule has 0 unspecified atom stereocenters. The fourth-order valence-corrected chi connectivity index (χ4v) is 1.14. The van der Waals surface area contributed by atoms with Gasteiger partial charge in [-0.2, -0.15) is 0 Å². The second-order valence-corrected chi connectivity index (χ2v) is 2.85. The van der Waals surface area contributed by atoms with Gasteiger partial charge < -0.3 is 5.11 Å². The predicted molar refractivity (Wildman–Crippen MR) is 46.7 cm³/mol. The Hall–Kier alpha value is -1.52. The molecule has 0 radical (unpaired) electrons. The Balaban J connectivity index is 2.83. The summed E-state index contributed by atoms with van der Waals surface area (Å²) in [6.07, 6.45) is 1.69. The lowest BCUT2D eigenvalue weighted by Gasteiger charge is -1.96. The Morgan fingerprint density at radius 1 is 1.69 bits per heavy atom. The molecule has 2 N–H and O–H groups in total. The van der Waals surface area contributed by atoms with Gasteiger partial charge in [-0.1, -0.05) is 13.3 Å². The molecule has 0 saturated heterocycles. The third kappa shape index (κ3) is 2.47. The molecule has 5 nitrogen and oxygen atoms in total. The van der Waals surface area contributed by atoms with Crippen molar-refractivity contribution in [3.63, 3.8) is 0 Å². The van der Waals surface area contributed by atoms with Gasteiger partial charge in [0.15, 0.2) is 0 Å². The van der Waals surface area contributed by atoms with Crippen molar-refractivity contribution in [2.24, 2.45) is 0 Å². The zero-order valence-electron chi connectivity index (χ0n) is 7.41. The van der Waals surface area contributed by atoms with Gasteiger partial charge in [0.05, 0.1) is 0 Å². The van der Waals surface area contributed by atoms with Gasteiger partial charge >= 0.3 is 5.97 Å². The molecular weight excluding hydrogens is 172 g/mol. The van der Waals surface area contributed by atoms with Crippen LogP contribution in [0, 0.1) is 0 Å². The highest BCUT2D eigenvalue weighted by atomic mass is 16.4. The van der Waals surface area contributed by atoms with E-state index in [1.807, 2.05) is 6.92 Å². The number of nitrogens with one attached hydrogen (secondary N) is 1. The third-order valence-electron chi connectivity index (χ3n) is 1.66. The molecular formula is C8H12N2O3. The van der Waals surface area contributed by atoms with E-state index in [9.17, 15) is 9.59 Å². The highest BCUT2D eigenvalue weighted by Gasteiger charge is 2.04. The topological polar surface area (TPSA) is 75.1 Å². The number of carboxylic acid groups (broad SMARTS) is 1.